The van der Waals surface area contributed by atoms with E-state index in [4.69, 9.17) is 4.74 Å². The van der Waals surface area contributed by atoms with E-state index in [0.29, 0.717) is 11.5 Å². The van der Waals surface area contributed by atoms with Gasteiger partial charge in [-0.1, -0.05) is 18.2 Å². The van der Waals surface area contributed by atoms with Gasteiger partial charge in [0.1, 0.15) is 18.1 Å². The van der Waals surface area contributed by atoms with Crippen molar-refractivity contribution in [3.63, 3.8) is 0 Å². The van der Waals surface area contributed by atoms with Crippen molar-refractivity contribution in [1.29, 1.82) is 0 Å². The van der Waals surface area contributed by atoms with Gasteiger partial charge in [-0.2, -0.15) is 10.1 Å². The average Bonchev–Trinajstić information content (AvgIpc) is 3.15. The standard InChI is InChI=1S/C19H23N5O2/c1-13-16(18(25)23-10-6-3-7-11-23)17(24-19(22-13)20-12-21-24)14-8-4-5-9-15(14)26-2/h4-5,8-9,12,17H,3,6-7,10-11H2,1-2H3,(H,20,21,22)/t17-/m1/s1. The van der Waals surface area contributed by atoms with E-state index in [1.165, 1.54) is 12.7 Å². The highest BCUT2D eigenvalue weighted by Crippen LogP contribution is 2.39. The van der Waals surface area contributed by atoms with Crippen LogP contribution in [0.4, 0.5) is 5.95 Å². The number of nitrogens with zero attached hydrogens (tertiary/aromatic N) is 4. The molecule has 3 heterocycles. The van der Waals surface area contributed by atoms with Crippen LogP contribution in [0.25, 0.3) is 0 Å². The van der Waals surface area contributed by atoms with Crippen molar-refractivity contribution >= 4 is 11.9 Å². The fraction of sp³-hybridized carbons (Fsp3) is 0.421. The summed E-state index contributed by atoms with van der Waals surface area (Å²) in [5.41, 5.74) is 2.43. The van der Waals surface area contributed by atoms with Gasteiger partial charge in [0.05, 0.1) is 12.7 Å². The average molecular weight is 353 g/mol. The fourth-order valence-corrected chi connectivity index (χ4v) is 3.82. The van der Waals surface area contributed by atoms with Crippen molar-refractivity contribution in [2.75, 3.05) is 25.5 Å². The highest BCUT2D eigenvalue weighted by molar-refractivity contribution is 5.97. The molecule has 1 aromatic carbocycles. The Bertz CT molecular complexity index is 851. The molecule has 2 aromatic rings. The molecule has 1 saturated heterocycles. The molecule has 1 aromatic heterocycles. The van der Waals surface area contributed by atoms with Crippen molar-refractivity contribution < 1.29 is 9.53 Å². The maximum atomic E-state index is 13.4. The first-order valence-corrected chi connectivity index (χ1v) is 9.00. The summed E-state index contributed by atoms with van der Waals surface area (Å²) in [5, 5.41) is 7.61. The molecule has 0 radical (unpaired) electrons. The molecule has 0 unspecified atom stereocenters. The van der Waals surface area contributed by atoms with Crippen LogP contribution in [0.1, 0.15) is 37.8 Å². The molecule has 7 heteroatoms. The summed E-state index contributed by atoms with van der Waals surface area (Å²) in [6.07, 6.45) is 4.80. The number of hydrogen-bond acceptors (Lipinski definition) is 5. The number of piperidine rings is 1. The third-order valence-electron chi connectivity index (χ3n) is 5.10. The molecule has 2 aliphatic heterocycles. The van der Waals surface area contributed by atoms with Gasteiger partial charge in [0.2, 0.25) is 5.95 Å². The number of likely N-dealkylation sites (tertiary alicyclic amines) is 1. The summed E-state index contributed by atoms with van der Waals surface area (Å²) < 4.78 is 7.34. The minimum Gasteiger partial charge on any atom is -0.496 e. The molecule has 1 atom stereocenters. The lowest BCUT2D eigenvalue weighted by Gasteiger charge is -2.34. The van der Waals surface area contributed by atoms with Gasteiger partial charge in [-0.15, -0.1) is 0 Å². The van der Waals surface area contributed by atoms with Gasteiger partial charge in [-0.05, 0) is 32.3 Å². The zero-order valence-corrected chi connectivity index (χ0v) is 15.1. The van der Waals surface area contributed by atoms with Gasteiger partial charge >= 0.3 is 0 Å². The Hall–Kier alpha value is -2.83. The van der Waals surface area contributed by atoms with Crippen LogP contribution in [-0.4, -0.2) is 45.8 Å². The Morgan fingerprint density at radius 3 is 2.77 bits per heavy atom. The van der Waals surface area contributed by atoms with Crippen LogP contribution in [0.5, 0.6) is 5.75 Å². The largest absolute Gasteiger partial charge is 0.496 e. The first-order valence-electron chi connectivity index (χ1n) is 9.00. The van der Waals surface area contributed by atoms with Crippen molar-refractivity contribution in [1.82, 2.24) is 19.7 Å². The molecule has 1 N–H and O–H groups in total. The van der Waals surface area contributed by atoms with Crippen LogP contribution in [0.2, 0.25) is 0 Å². The predicted molar refractivity (Wildman–Crippen MR) is 97.9 cm³/mol. The summed E-state index contributed by atoms with van der Waals surface area (Å²) in [7, 11) is 1.64. The number of aromatic nitrogens is 3. The molecular formula is C19H23N5O2. The van der Waals surface area contributed by atoms with Crippen molar-refractivity contribution in [3.8, 4) is 5.75 Å². The van der Waals surface area contributed by atoms with E-state index in [-0.39, 0.29) is 11.9 Å². The molecular weight excluding hydrogens is 330 g/mol. The predicted octanol–water partition coefficient (Wildman–Crippen LogP) is 2.59. The number of hydrogen-bond donors (Lipinski definition) is 1. The molecule has 1 fully saturated rings. The Balaban J connectivity index is 1.83. The molecule has 26 heavy (non-hydrogen) atoms. The van der Waals surface area contributed by atoms with Gasteiger partial charge in [-0.25, -0.2) is 4.68 Å². The quantitative estimate of drug-likeness (QED) is 0.918. The SMILES string of the molecule is COc1ccccc1[C@@H]1C(C(=O)N2CCCCC2)=C(C)Nc2ncnn21. The second-order valence-corrected chi connectivity index (χ2v) is 6.69. The maximum absolute atomic E-state index is 13.4. The topological polar surface area (TPSA) is 72.3 Å². The third-order valence-corrected chi connectivity index (χ3v) is 5.10. The lowest BCUT2D eigenvalue weighted by molar-refractivity contribution is -0.128. The van der Waals surface area contributed by atoms with E-state index in [1.807, 2.05) is 36.1 Å². The maximum Gasteiger partial charge on any atom is 0.254 e. The lowest BCUT2D eigenvalue weighted by Crippen LogP contribution is -2.41. The number of anilines is 1. The summed E-state index contributed by atoms with van der Waals surface area (Å²) in [6.45, 7) is 3.54. The molecule has 7 nitrogen and oxygen atoms in total. The van der Waals surface area contributed by atoms with Gasteiger partial charge in [0, 0.05) is 24.4 Å². The van der Waals surface area contributed by atoms with E-state index in [1.54, 1.807) is 11.8 Å². The number of rotatable bonds is 3. The third kappa shape index (κ3) is 2.73. The molecule has 2 aliphatic rings. The van der Waals surface area contributed by atoms with Gasteiger partial charge in [0.15, 0.2) is 0 Å². The number of fused-ring (bicyclic) bond motifs is 1. The summed E-state index contributed by atoms with van der Waals surface area (Å²) in [4.78, 5) is 19.6. The van der Waals surface area contributed by atoms with Crippen LogP contribution >= 0.6 is 0 Å². The van der Waals surface area contributed by atoms with Gasteiger partial charge in [-0.3, -0.25) is 4.79 Å². The zero-order valence-electron chi connectivity index (χ0n) is 15.1. The smallest absolute Gasteiger partial charge is 0.254 e. The lowest BCUT2D eigenvalue weighted by atomic mass is 9.93. The van der Waals surface area contributed by atoms with E-state index >= 15 is 0 Å². The number of methoxy groups -OCH3 is 1. The molecule has 4 rings (SSSR count). The number of ether oxygens (including phenoxy) is 1. The number of amides is 1. The number of nitrogens with one attached hydrogen (secondary N) is 1. The zero-order chi connectivity index (χ0) is 18.1. The summed E-state index contributed by atoms with van der Waals surface area (Å²) >= 11 is 0. The van der Waals surface area contributed by atoms with Gasteiger partial charge < -0.3 is 15.0 Å². The number of allylic oxidation sites excluding steroid dienone is 1. The monoisotopic (exact) mass is 353 g/mol. The van der Waals surface area contributed by atoms with Crippen LogP contribution in [0, 0.1) is 0 Å². The highest BCUT2D eigenvalue weighted by atomic mass is 16.5. The van der Waals surface area contributed by atoms with Crippen LogP contribution in [0.15, 0.2) is 41.9 Å². The molecule has 0 aliphatic carbocycles. The number of carbonyl (C=O) groups excluding carboxylic acids is 1. The second-order valence-electron chi connectivity index (χ2n) is 6.69. The molecule has 1 amide bonds. The first-order chi connectivity index (χ1) is 12.7. The summed E-state index contributed by atoms with van der Waals surface area (Å²) in [5.74, 6) is 1.43. The van der Waals surface area contributed by atoms with E-state index in [2.05, 4.69) is 15.4 Å². The minimum atomic E-state index is -0.362. The summed E-state index contributed by atoms with van der Waals surface area (Å²) in [6, 6.07) is 7.41. The number of para-hydroxylation sites is 1. The Morgan fingerprint density at radius 2 is 2.00 bits per heavy atom. The Labute approximate surface area is 152 Å². The van der Waals surface area contributed by atoms with Crippen molar-refractivity contribution in [2.24, 2.45) is 0 Å². The van der Waals surface area contributed by atoms with Crippen LogP contribution in [0.3, 0.4) is 0 Å². The molecule has 0 spiro atoms. The van der Waals surface area contributed by atoms with Crippen LogP contribution < -0.4 is 10.1 Å². The van der Waals surface area contributed by atoms with Crippen molar-refractivity contribution in [2.45, 2.75) is 32.2 Å². The Kier molecular flexibility index (Phi) is 4.36. The number of carbonyl (C=O) groups is 1. The molecule has 136 valence electrons. The van der Waals surface area contributed by atoms with E-state index in [0.717, 1.165) is 42.9 Å². The molecule has 0 saturated carbocycles. The first kappa shape index (κ1) is 16.6. The molecule has 0 bridgehead atoms. The van der Waals surface area contributed by atoms with E-state index in [9.17, 15) is 4.79 Å². The minimum absolute atomic E-state index is 0.0618. The fourth-order valence-electron chi connectivity index (χ4n) is 3.82. The second kappa shape index (κ2) is 6.82. The van der Waals surface area contributed by atoms with E-state index < -0.39 is 0 Å². The van der Waals surface area contributed by atoms with Gasteiger partial charge in [0.25, 0.3) is 5.91 Å². The number of benzene rings is 1. The normalized spacial score (nSPS) is 19.8. The Morgan fingerprint density at radius 1 is 1.23 bits per heavy atom. The van der Waals surface area contributed by atoms with Crippen molar-refractivity contribution in [3.05, 3.63) is 47.4 Å². The van der Waals surface area contributed by atoms with Crippen LogP contribution in [-0.2, 0) is 4.79 Å². The highest BCUT2D eigenvalue weighted by Gasteiger charge is 2.37.